The molecule has 0 saturated carbocycles. The van der Waals surface area contributed by atoms with Gasteiger partial charge in [-0.05, 0) is 17.9 Å². The summed E-state index contributed by atoms with van der Waals surface area (Å²) in [6, 6.07) is 0. The maximum atomic E-state index is 11.7. The summed E-state index contributed by atoms with van der Waals surface area (Å²) in [4.78, 5) is 0. The van der Waals surface area contributed by atoms with Gasteiger partial charge in [0.1, 0.15) is 0 Å². The maximum absolute atomic E-state index is 11.7. The van der Waals surface area contributed by atoms with Crippen LogP contribution in [0.1, 0.15) is 5.56 Å². The van der Waals surface area contributed by atoms with Gasteiger partial charge >= 0.3 is 0 Å². The van der Waals surface area contributed by atoms with Crippen molar-refractivity contribution in [3.8, 4) is 0 Å². The zero-order valence-electron chi connectivity index (χ0n) is 8.98. The van der Waals surface area contributed by atoms with E-state index >= 15 is 0 Å². The average molecular weight is 227 g/mol. The third-order valence-corrected chi connectivity index (χ3v) is 4.17. The third-order valence-electron chi connectivity index (χ3n) is 2.66. The molecule has 84 valence electrons. The van der Waals surface area contributed by atoms with Gasteiger partial charge in [0.05, 0.1) is 6.20 Å². The molecule has 0 aromatic carbocycles. The van der Waals surface area contributed by atoms with Crippen LogP contribution in [-0.4, -0.2) is 38.6 Å². The Bertz CT molecular complexity index is 346. The fraction of sp³-hybridized carbons (Fsp3) is 0.700. The van der Waals surface area contributed by atoms with Crippen LogP contribution in [0.4, 0.5) is 0 Å². The molecular formula is C10H17N3OS. The molecule has 0 bridgehead atoms. The predicted molar refractivity (Wildman–Crippen MR) is 61.1 cm³/mol. The van der Waals surface area contributed by atoms with Crippen LogP contribution < -0.4 is 5.32 Å². The summed E-state index contributed by atoms with van der Waals surface area (Å²) in [6.07, 6.45) is 4.71. The highest BCUT2D eigenvalue weighted by molar-refractivity contribution is 7.84. The molecule has 1 fully saturated rings. The van der Waals surface area contributed by atoms with Crippen molar-refractivity contribution in [2.45, 2.75) is 6.42 Å². The Morgan fingerprint density at radius 3 is 3.00 bits per heavy atom. The van der Waals surface area contributed by atoms with Crippen LogP contribution in [0.25, 0.3) is 0 Å². The number of nitrogens with zero attached hydrogens (tertiary/aromatic N) is 2. The summed E-state index contributed by atoms with van der Waals surface area (Å²) in [5.74, 6) is 2.26. The fourth-order valence-corrected chi connectivity index (χ4v) is 3.04. The SMILES string of the molecule is Cn1cc(CCS(=O)CC2CNC2)cn1. The maximum Gasteiger partial charge on any atom is 0.0521 e. The molecule has 1 aromatic rings. The van der Waals surface area contributed by atoms with Crippen molar-refractivity contribution < 1.29 is 4.21 Å². The first kappa shape index (κ1) is 10.8. The fourth-order valence-electron chi connectivity index (χ4n) is 1.65. The molecule has 0 spiro atoms. The van der Waals surface area contributed by atoms with Gasteiger partial charge in [-0.25, -0.2) is 0 Å². The van der Waals surface area contributed by atoms with Crippen molar-refractivity contribution in [1.82, 2.24) is 15.1 Å². The highest BCUT2D eigenvalue weighted by Crippen LogP contribution is 2.06. The van der Waals surface area contributed by atoms with E-state index in [1.165, 1.54) is 5.56 Å². The van der Waals surface area contributed by atoms with Crippen LogP contribution in [0, 0.1) is 5.92 Å². The number of nitrogens with one attached hydrogen (secondary N) is 1. The lowest BCUT2D eigenvalue weighted by Crippen LogP contribution is -2.45. The van der Waals surface area contributed by atoms with Crippen molar-refractivity contribution in [2.75, 3.05) is 24.6 Å². The number of hydrogen-bond donors (Lipinski definition) is 1. The average Bonchev–Trinajstić information content (AvgIpc) is 2.55. The number of aryl methyl sites for hydroxylation is 2. The van der Waals surface area contributed by atoms with Crippen molar-refractivity contribution in [2.24, 2.45) is 13.0 Å². The normalized spacial score (nSPS) is 18.7. The smallest absolute Gasteiger partial charge is 0.0521 e. The predicted octanol–water partition coefficient (Wildman–Crippen LogP) is -0.0693. The third kappa shape index (κ3) is 3.14. The Labute approximate surface area is 92.5 Å². The summed E-state index contributed by atoms with van der Waals surface area (Å²) >= 11 is 0. The van der Waals surface area contributed by atoms with E-state index in [0.717, 1.165) is 31.0 Å². The molecule has 5 heteroatoms. The van der Waals surface area contributed by atoms with Crippen molar-refractivity contribution in [1.29, 1.82) is 0 Å². The zero-order chi connectivity index (χ0) is 10.7. The molecule has 1 atom stereocenters. The Balaban J connectivity index is 1.70. The van der Waals surface area contributed by atoms with Gasteiger partial charge < -0.3 is 5.32 Å². The molecule has 1 unspecified atom stereocenters. The minimum absolute atomic E-state index is 0.639. The lowest BCUT2D eigenvalue weighted by atomic mass is 10.1. The minimum Gasteiger partial charge on any atom is -0.316 e. The summed E-state index contributed by atoms with van der Waals surface area (Å²) < 4.78 is 13.5. The van der Waals surface area contributed by atoms with Crippen LogP contribution in [0.5, 0.6) is 0 Å². The van der Waals surface area contributed by atoms with Crippen molar-refractivity contribution in [3.63, 3.8) is 0 Å². The van der Waals surface area contributed by atoms with Crippen LogP contribution in [0.15, 0.2) is 12.4 Å². The molecule has 2 heterocycles. The molecule has 1 aliphatic heterocycles. The van der Waals surface area contributed by atoms with Crippen LogP contribution >= 0.6 is 0 Å². The molecule has 4 nitrogen and oxygen atoms in total. The Morgan fingerprint density at radius 1 is 1.67 bits per heavy atom. The standard InChI is InChI=1S/C10H17N3OS/c1-13-7-9(6-12-13)2-3-15(14)8-10-4-11-5-10/h6-7,10-11H,2-5,8H2,1H3. The molecular weight excluding hydrogens is 210 g/mol. The summed E-state index contributed by atoms with van der Waals surface area (Å²) in [5, 5.41) is 7.29. The molecule has 0 aliphatic carbocycles. The molecule has 1 saturated heterocycles. The highest BCUT2D eigenvalue weighted by atomic mass is 32.2. The lowest BCUT2D eigenvalue weighted by Gasteiger charge is -2.26. The molecule has 0 amide bonds. The molecule has 1 aromatic heterocycles. The largest absolute Gasteiger partial charge is 0.316 e. The number of hydrogen-bond acceptors (Lipinski definition) is 3. The summed E-state index contributed by atoms with van der Waals surface area (Å²) in [5.41, 5.74) is 1.18. The Morgan fingerprint density at radius 2 is 2.47 bits per heavy atom. The van der Waals surface area contributed by atoms with Gasteiger partial charge in [-0.15, -0.1) is 0 Å². The van der Waals surface area contributed by atoms with Gasteiger partial charge in [0.15, 0.2) is 0 Å². The van der Waals surface area contributed by atoms with Crippen molar-refractivity contribution in [3.05, 3.63) is 18.0 Å². The van der Waals surface area contributed by atoms with Crippen molar-refractivity contribution >= 4 is 10.8 Å². The second-order valence-corrected chi connectivity index (χ2v) is 5.73. The number of rotatable bonds is 5. The zero-order valence-corrected chi connectivity index (χ0v) is 9.80. The van der Waals surface area contributed by atoms with Gasteiger partial charge in [-0.3, -0.25) is 8.89 Å². The van der Waals surface area contributed by atoms with Crippen LogP contribution in [0.3, 0.4) is 0 Å². The van der Waals surface area contributed by atoms with E-state index in [1.807, 2.05) is 19.4 Å². The Hall–Kier alpha value is -0.680. The molecule has 2 rings (SSSR count). The first-order valence-electron chi connectivity index (χ1n) is 5.27. The van der Waals surface area contributed by atoms with Gasteiger partial charge in [0, 0.05) is 48.6 Å². The van der Waals surface area contributed by atoms with E-state index in [1.54, 1.807) is 4.68 Å². The van der Waals surface area contributed by atoms with Gasteiger partial charge in [-0.2, -0.15) is 5.10 Å². The first-order valence-corrected chi connectivity index (χ1v) is 6.76. The molecule has 0 radical (unpaired) electrons. The first-order chi connectivity index (χ1) is 7.24. The van der Waals surface area contributed by atoms with E-state index in [4.69, 9.17) is 0 Å². The van der Waals surface area contributed by atoms with Gasteiger partial charge in [-0.1, -0.05) is 0 Å². The van der Waals surface area contributed by atoms with Gasteiger partial charge in [0.2, 0.25) is 0 Å². The van der Waals surface area contributed by atoms with E-state index < -0.39 is 10.8 Å². The summed E-state index contributed by atoms with van der Waals surface area (Å²) in [7, 11) is 1.24. The van der Waals surface area contributed by atoms with E-state index in [2.05, 4.69) is 10.4 Å². The van der Waals surface area contributed by atoms with E-state index in [0.29, 0.717) is 5.92 Å². The van der Waals surface area contributed by atoms with E-state index in [9.17, 15) is 4.21 Å². The second kappa shape index (κ2) is 4.90. The molecule has 15 heavy (non-hydrogen) atoms. The highest BCUT2D eigenvalue weighted by Gasteiger charge is 2.19. The lowest BCUT2D eigenvalue weighted by molar-refractivity contribution is 0.382. The topological polar surface area (TPSA) is 46.9 Å². The quantitative estimate of drug-likeness (QED) is 0.766. The molecule has 1 aliphatic rings. The van der Waals surface area contributed by atoms with Crippen LogP contribution in [-0.2, 0) is 24.3 Å². The van der Waals surface area contributed by atoms with Gasteiger partial charge in [0.25, 0.3) is 0 Å². The molecule has 1 N–H and O–H groups in total. The Kier molecular flexibility index (Phi) is 3.53. The second-order valence-electron chi connectivity index (χ2n) is 4.11. The summed E-state index contributed by atoms with van der Waals surface area (Å²) in [6.45, 7) is 2.08. The monoisotopic (exact) mass is 227 g/mol. The number of aromatic nitrogens is 2. The van der Waals surface area contributed by atoms with E-state index in [-0.39, 0.29) is 0 Å². The van der Waals surface area contributed by atoms with Crippen LogP contribution in [0.2, 0.25) is 0 Å². The minimum atomic E-state index is -0.667.